The van der Waals surface area contributed by atoms with E-state index in [-0.39, 0.29) is 23.4 Å². The monoisotopic (exact) mass is 477 g/mol. The highest BCUT2D eigenvalue weighted by Crippen LogP contribution is 2.48. The third-order valence-electron chi connectivity index (χ3n) is 5.24. The zero-order valence-corrected chi connectivity index (χ0v) is 19.7. The highest BCUT2D eigenvalue weighted by atomic mass is 32.3. The van der Waals surface area contributed by atoms with Gasteiger partial charge in [0.2, 0.25) is 0 Å². The Kier molecular flexibility index (Phi) is 9.01. The van der Waals surface area contributed by atoms with Gasteiger partial charge in [0.15, 0.2) is 11.5 Å². The van der Waals surface area contributed by atoms with Gasteiger partial charge in [-0.1, -0.05) is 17.3 Å². The van der Waals surface area contributed by atoms with Crippen LogP contribution >= 0.6 is 10.6 Å². The van der Waals surface area contributed by atoms with Crippen LogP contribution in [0.1, 0.15) is 37.7 Å². The van der Waals surface area contributed by atoms with E-state index in [0.29, 0.717) is 29.3 Å². The Labute approximate surface area is 195 Å². The molecule has 3 rings (SSSR count). The first-order valence-corrected chi connectivity index (χ1v) is 12.5. The summed E-state index contributed by atoms with van der Waals surface area (Å²) in [4.78, 5) is 27.4. The molecule has 1 aromatic heterocycles. The number of methoxy groups -OCH3 is 1. The van der Waals surface area contributed by atoms with Crippen molar-refractivity contribution in [1.29, 1.82) is 0 Å². The van der Waals surface area contributed by atoms with E-state index in [1.54, 1.807) is 38.4 Å². The molecule has 2 aromatic rings. The largest absolute Gasteiger partial charge is 0.392 e. The molecule has 1 aliphatic rings. The summed E-state index contributed by atoms with van der Waals surface area (Å²) < 4.78 is 25.9. The Morgan fingerprint density at radius 2 is 1.82 bits per heavy atom. The average Bonchev–Trinajstić information content (AvgIpc) is 3.34. The molecule has 0 unspecified atom stereocenters. The normalized spacial score (nSPS) is 15.3. The number of carbonyl (C=O) groups excluding carboxylic acids is 1. The molecule has 1 saturated carbocycles. The van der Waals surface area contributed by atoms with Crippen molar-refractivity contribution in [1.82, 2.24) is 9.97 Å². The number of nitrogens with one attached hydrogen (secondary N) is 2. The number of carbonyl (C=O) groups is 1. The summed E-state index contributed by atoms with van der Waals surface area (Å²) in [5, 5.41) is 9.72. The maximum Gasteiger partial charge on any atom is 0.279 e. The van der Waals surface area contributed by atoms with Crippen LogP contribution < -0.4 is 10.6 Å². The molecule has 0 bridgehead atoms. The number of rotatable bonds is 11. The lowest BCUT2D eigenvalue weighted by molar-refractivity contribution is -0.110. The molecule has 0 atom stereocenters. The molecular formula is C22H31N5O5S. The van der Waals surface area contributed by atoms with Gasteiger partial charge in [0.05, 0.1) is 17.3 Å². The van der Waals surface area contributed by atoms with Crippen molar-refractivity contribution in [2.75, 3.05) is 37.2 Å². The molecule has 10 nitrogen and oxygen atoms in total. The van der Waals surface area contributed by atoms with E-state index < -0.39 is 16.5 Å². The smallest absolute Gasteiger partial charge is 0.279 e. The van der Waals surface area contributed by atoms with Crippen molar-refractivity contribution in [3.05, 3.63) is 42.2 Å². The molecule has 0 spiro atoms. The van der Waals surface area contributed by atoms with Gasteiger partial charge in [-0.2, -0.15) is 10.6 Å². The van der Waals surface area contributed by atoms with Gasteiger partial charge in [0.25, 0.3) is 5.91 Å². The summed E-state index contributed by atoms with van der Waals surface area (Å²) in [7, 11) is 0.345. The fraction of sp³-hybridized carbons (Fsp3) is 0.455. The molecular weight excluding hydrogens is 446 g/mol. The topological polar surface area (TPSA) is 138 Å². The van der Waals surface area contributed by atoms with E-state index in [1.807, 2.05) is 0 Å². The number of nitrogens with zero attached hydrogens (tertiary/aromatic N) is 3. The van der Waals surface area contributed by atoms with Crippen molar-refractivity contribution in [2.45, 2.75) is 43.1 Å². The third kappa shape index (κ3) is 7.13. The second-order valence-corrected chi connectivity index (χ2v) is 9.90. The Hall–Kier alpha value is -2.73. The Morgan fingerprint density at radius 1 is 1.15 bits per heavy atom. The molecule has 1 aliphatic carbocycles. The van der Waals surface area contributed by atoms with Crippen LogP contribution in [-0.2, 0) is 14.4 Å². The second kappa shape index (κ2) is 11.9. The van der Waals surface area contributed by atoms with Crippen molar-refractivity contribution in [2.24, 2.45) is 5.16 Å². The van der Waals surface area contributed by atoms with Gasteiger partial charge in [0, 0.05) is 32.1 Å². The molecule has 0 saturated heterocycles. The predicted molar refractivity (Wildman–Crippen MR) is 129 cm³/mol. The van der Waals surface area contributed by atoms with E-state index in [1.165, 1.54) is 12.4 Å². The number of aromatic nitrogens is 2. The minimum absolute atomic E-state index is 0.0189. The summed E-state index contributed by atoms with van der Waals surface area (Å²) in [5.74, 6) is 0.551. The SMILES string of the molecule is CNc1cnc(NC(=O)C(=NOC2CCCC2)c2ccc(S(O)(O)CCCOC)cc2)cn1. The predicted octanol–water partition coefficient (Wildman–Crippen LogP) is 3.97. The van der Waals surface area contributed by atoms with Gasteiger partial charge in [-0.15, -0.1) is 0 Å². The first-order chi connectivity index (χ1) is 15.9. The van der Waals surface area contributed by atoms with Crippen LogP contribution in [0.4, 0.5) is 11.6 Å². The number of hydrogen-bond acceptors (Lipinski definition) is 9. The Balaban J connectivity index is 1.79. The third-order valence-corrected chi connectivity index (χ3v) is 7.13. The van der Waals surface area contributed by atoms with E-state index in [0.717, 1.165) is 25.7 Å². The standard InChI is InChI=1S/C22H31N5O5S/c1-23-19-14-25-20(15-24-19)26-22(28)21(27-32-17-6-3-4-7-17)16-8-10-18(11-9-16)33(29,30)13-5-12-31-2/h8-11,14-15,17,29-30H,3-7,12-13H2,1-2H3,(H,23,24)(H,25,26,28). The number of ether oxygens (including phenoxy) is 1. The lowest BCUT2D eigenvalue weighted by Gasteiger charge is -2.32. The van der Waals surface area contributed by atoms with Crippen LogP contribution in [0.5, 0.6) is 0 Å². The molecule has 180 valence electrons. The van der Waals surface area contributed by atoms with E-state index in [9.17, 15) is 13.9 Å². The number of oxime groups is 1. The lowest BCUT2D eigenvalue weighted by Crippen LogP contribution is -2.25. The first kappa shape index (κ1) is 24.9. The number of benzene rings is 1. The summed E-state index contributed by atoms with van der Waals surface area (Å²) in [5.41, 5.74) is 0.560. The van der Waals surface area contributed by atoms with Crippen LogP contribution in [0.2, 0.25) is 0 Å². The molecule has 11 heteroatoms. The molecule has 1 aromatic carbocycles. The molecule has 1 heterocycles. The highest BCUT2D eigenvalue weighted by molar-refractivity contribution is 8.24. The van der Waals surface area contributed by atoms with Gasteiger partial charge in [-0.05, 0) is 44.2 Å². The average molecular weight is 478 g/mol. The molecule has 4 N–H and O–H groups in total. The second-order valence-electron chi connectivity index (χ2n) is 7.68. The molecule has 1 amide bonds. The van der Waals surface area contributed by atoms with Gasteiger partial charge < -0.3 is 20.2 Å². The molecule has 33 heavy (non-hydrogen) atoms. The number of anilines is 2. The van der Waals surface area contributed by atoms with Crippen molar-refractivity contribution in [3.8, 4) is 0 Å². The fourth-order valence-corrected chi connectivity index (χ4v) is 4.72. The Morgan fingerprint density at radius 3 is 2.42 bits per heavy atom. The van der Waals surface area contributed by atoms with Crippen LogP contribution in [0.25, 0.3) is 0 Å². The maximum atomic E-state index is 13.0. The van der Waals surface area contributed by atoms with Crippen molar-refractivity contribution < 1.29 is 23.5 Å². The van der Waals surface area contributed by atoms with E-state index >= 15 is 0 Å². The van der Waals surface area contributed by atoms with Gasteiger partial charge in [-0.3, -0.25) is 13.9 Å². The zero-order chi connectivity index (χ0) is 23.7. The fourth-order valence-electron chi connectivity index (χ4n) is 3.40. The van der Waals surface area contributed by atoms with Crippen LogP contribution in [0.15, 0.2) is 46.7 Å². The summed E-state index contributed by atoms with van der Waals surface area (Å²) >= 11 is 0. The quantitative estimate of drug-likeness (QED) is 0.217. The number of amides is 1. The zero-order valence-electron chi connectivity index (χ0n) is 18.9. The first-order valence-electron chi connectivity index (χ1n) is 10.8. The molecule has 1 fully saturated rings. The summed E-state index contributed by atoms with van der Waals surface area (Å²) in [6, 6.07) is 6.45. The van der Waals surface area contributed by atoms with Crippen molar-refractivity contribution in [3.63, 3.8) is 0 Å². The van der Waals surface area contributed by atoms with Crippen molar-refractivity contribution >= 4 is 33.8 Å². The van der Waals surface area contributed by atoms with Gasteiger partial charge in [-0.25, -0.2) is 9.97 Å². The maximum absolute atomic E-state index is 13.0. The summed E-state index contributed by atoms with van der Waals surface area (Å²) in [6.07, 6.45) is 7.40. The molecule has 0 aliphatic heterocycles. The Bertz CT molecular complexity index is 931. The van der Waals surface area contributed by atoms with E-state index in [4.69, 9.17) is 9.57 Å². The van der Waals surface area contributed by atoms with Gasteiger partial charge in [0.1, 0.15) is 11.9 Å². The number of hydrogen-bond donors (Lipinski definition) is 4. The van der Waals surface area contributed by atoms with Gasteiger partial charge >= 0.3 is 0 Å². The lowest BCUT2D eigenvalue weighted by atomic mass is 10.1. The highest BCUT2D eigenvalue weighted by Gasteiger charge is 2.22. The van der Waals surface area contributed by atoms with Crippen LogP contribution in [0, 0.1) is 0 Å². The minimum atomic E-state index is -2.95. The van der Waals surface area contributed by atoms with E-state index in [2.05, 4.69) is 25.8 Å². The van der Waals surface area contributed by atoms with Crippen LogP contribution in [-0.4, -0.2) is 63.3 Å². The van der Waals surface area contributed by atoms with Crippen LogP contribution in [0.3, 0.4) is 0 Å². The minimum Gasteiger partial charge on any atom is -0.392 e. The summed E-state index contributed by atoms with van der Waals surface area (Å²) in [6.45, 7) is 0.446. The molecule has 0 radical (unpaired) electrons.